The Bertz CT molecular complexity index is 688. The number of nitrogens with zero attached hydrogens (tertiary/aromatic N) is 1. The normalized spacial score (nSPS) is 13.5. The van der Waals surface area contributed by atoms with E-state index in [9.17, 15) is 43.5 Å². The van der Waals surface area contributed by atoms with Crippen LogP contribution < -0.4 is 0 Å². The first kappa shape index (κ1) is 28.5. The van der Waals surface area contributed by atoms with Gasteiger partial charge in [0.25, 0.3) is 0 Å². The van der Waals surface area contributed by atoms with Gasteiger partial charge in [-0.3, -0.25) is 9.54 Å². The van der Waals surface area contributed by atoms with E-state index in [0.29, 0.717) is 12.8 Å². The van der Waals surface area contributed by atoms with Crippen LogP contribution in [0.15, 0.2) is 30.6 Å². The Morgan fingerprint density at radius 2 is 1.23 bits per heavy atom. The van der Waals surface area contributed by atoms with Crippen molar-refractivity contribution in [3.8, 4) is 0 Å². The summed E-state index contributed by atoms with van der Waals surface area (Å²) >= 11 is 0. The SMILES string of the molecule is CCCCCCCCC(F)(F)C(F)(F)C(F)(F)C(F)(F)S(=O)(=O)O.c1ccncc1. The Balaban J connectivity index is 0.00000118. The lowest BCUT2D eigenvalue weighted by atomic mass is 9.98. The van der Waals surface area contributed by atoms with Gasteiger partial charge in [-0.25, -0.2) is 0 Å². The molecule has 0 bridgehead atoms. The van der Waals surface area contributed by atoms with Gasteiger partial charge in [-0.15, -0.1) is 0 Å². The number of unbranched alkanes of at least 4 members (excludes halogenated alkanes) is 5. The Hall–Kier alpha value is -1.50. The Labute approximate surface area is 169 Å². The van der Waals surface area contributed by atoms with Gasteiger partial charge in [0.05, 0.1) is 0 Å². The molecule has 0 saturated heterocycles. The van der Waals surface area contributed by atoms with Crippen molar-refractivity contribution >= 4 is 10.1 Å². The van der Waals surface area contributed by atoms with Crippen LogP contribution in [0.4, 0.5) is 35.1 Å². The predicted octanol–water partition coefficient (Wildman–Crippen LogP) is 6.21. The smallest absolute Gasteiger partial charge is 0.281 e. The monoisotopic (exact) mass is 473 g/mol. The van der Waals surface area contributed by atoms with Crippen LogP contribution >= 0.6 is 0 Å². The van der Waals surface area contributed by atoms with Gasteiger partial charge in [-0.2, -0.15) is 43.5 Å². The zero-order valence-corrected chi connectivity index (χ0v) is 16.8. The number of rotatable bonds is 11. The first-order valence-corrected chi connectivity index (χ1v) is 10.3. The summed E-state index contributed by atoms with van der Waals surface area (Å²) in [4.78, 5) is 3.78. The molecule has 0 aliphatic heterocycles. The molecule has 0 atom stereocenters. The van der Waals surface area contributed by atoms with Crippen molar-refractivity contribution in [3.63, 3.8) is 0 Å². The first-order chi connectivity index (χ1) is 13.6. The maximum Gasteiger partial charge on any atom is 0.438 e. The predicted molar refractivity (Wildman–Crippen MR) is 93.6 cm³/mol. The Morgan fingerprint density at radius 1 is 0.767 bits per heavy atom. The summed E-state index contributed by atoms with van der Waals surface area (Å²) < 4.78 is 134. The van der Waals surface area contributed by atoms with Gasteiger partial charge in [0.2, 0.25) is 0 Å². The zero-order chi connectivity index (χ0) is 23.7. The van der Waals surface area contributed by atoms with Crippen molar-refractivity contribution in [2.24, 2.45) is 0 Å². The molecule has 0 spiro atoms. The molecule has 1 N–H and O–H groups in total. The summed E-state index contributed by atoms with van der Waals surface area (Å²) in [6.07, 6.45) is 3.56. The van der Waals surface area contributed by atoms with Gasteiger partial charge in [0.1, 0.15) is 0 Å². The van der Waals surface area contributed by atoms with Crippen molar-refractivity contribution in [2.45, 2.75) is 74.9 Å². The minimum absolute atomic E-state index is 0.00800. The van der Waals surface area contributed by atoms with E-state index >= 15 is 0 Å². The average Bonchev–Trinajstić information content (AvgIpc) is 2.65. The van der Waals surface area contributed by atoms with E-state index in [1.165, 1.54) is 0 Å². The van der Waals surface area contributed by atoms with Crippen molar-refractivity contribution in [2.75, 3.05) is 0 Å². The van der Waals surface area contributed by atoms with E-state index in [1.54, 1.807) is 12.4 Å². The maximum atomic E-state index is 13.4. The molecule has 0 fully saturated rings. The number of pyridine rings is 1. The van der Waals surface area contributed by atoms with Gasteiger partial charge in [0, 0.05) is 18.8 Å². The Kier molecular flexibility index (Phi) is 10.7. The molecular weight excluding hydrogens is 450 g/mol. The molecule has 4 nitrogen and oxygen atoms in total. The molecule has 1 aromatic rings. The van der Waals surface area contributed by atoms with E-state index in [1.807, 2.05) is 25.1 Å². The molecule has 0 radical (unpaired) electrons. The molecule has 0 unspecified atom stereocenters. The summed E-state index contributed by atoms with van der Waals surface area (Å²) in [5, 5.41) is -6.77. The third kappa shape index (κ3) is 7.03. The lowest BCUT2D eigenvalue weighted by Gasteiger charge is -2.35. The van der Waals surface area contributed by atoms with Crippen molar-refractivity contribution in [3.05, 3.63) is 30.6 Å². The molecule has 1 rings (SSSR count). The number of aromatic nitrogens is 1. The van der Waals surface area contributed by atoms with Crippen LogP contribution in [0, 0.1) is 0 Å². The van der Waals surface area contributed by atoms with Crippen molar-refractivity contribution in [1.82, 2.24) is 4.98 Å². The van der Waals surface area contributed by atoms with Crippen LogP contribution in [-0.2, 0) is 10.1 Å². The maximum absolute atomic E-state index is 13.4. The number of hydrogen-bond acceptors (Lipinski definition) is 3. The van der Waals surface area contributed by atoms with E-state index in [2.05, 4.69) is 4.98 Å². The summed E-state index contributed by atoms with van der Waals surface area (Å²) in [7, 11) is -7.04. The highest BCUT2D eigenvalue weighted by Crippen LogP contribution is 2.55. The van der Waals surface area contributed by atoms with Crippen molar-refractivity contribution in [1.29, 1.82) is 0 Å². The summed E-state index contributed by atoms with van der Waals surface area (Å²) in [6.45, 7) is 1.85. The van der Waals surface area contributed by atoms with Crippen LogP contribution in [0.1, 0.15) is 51.9 Å². The van der Waals surface area contributed by atoms with E-state index in [0.717, 1.165) is 12.8 Å². The molecule has 30 heavy (non-hydrogen) atoms. The number of alkyl halides is 8. The molecule has 0 saturated carbocycles. The minimum atomic E-state index is -7.04. The zero-order valence-electron chi connectivity index (χ0n) is 16.0. The van der Waals surface area contributed by atoms with Crippen LogP contribution in [0.3, 0.4) is 0 Å². The van der Waals surface area contributed by atoms with Crippen molar-refractivity contribution < 1.29 is 48.1 Å². The fraction of sp³-hybridized carbons (Fsp3) is 0.706. The highest BCUT2D eigenvalue weighted by atomic mass is 32.2. The molecule has 13 heteroatoms. The second-order valence-corrected chi connectivity index (χ2v) is 7.85. The van der Waals surface area contributed by atoms with E-state index < -0.39 is 46.0 Å². The van der Waals surface area contributed by atoms with Gasteiger partial charge < -0.3 is 0 Å². The first-order valence-electron chi connectivity index (χ1n) is 8.89. The fourth-order valence-electron chi connectivity index (χ4n) is 2.17. The molecule has 0 aliphatic rings. The molecule has 176 valence electrons. The van der Waals surface area contributed by atoms with E-state index in [4.69, 9.17) is 4.55 Å². The fourth-order valence-corrected chi connectivity index (χ4v) is 2.62. The number of halogens is 8. The van der Waals surface area contributed by atoms with Crippen LogP contribution in [-0.4, -0.2) is 41.0 Å². The lowest BCUT2D eigenvalue weighted by Crippen LogP contribution is -2.64. The van der Waals surface area contributed by atoms with Gasteiger partial charge in [-0.1, -0.05) is 45.1 Å². The van der Waals surface area contributed by atoms with Crippen LogP contribution in [0.5, 0.6) is 0 Å². The summed E-state index contributed by atoms with van der Waals surface area (Å²) in [5.74, 6) is -19.3. The third-order valence-corrected chi connectivity index (χ3v) is 4.86. The highest BCUT2D eigenvalue weighted by molar-refractivity contribution is 7.87. The Morgan fingerprint density at radius 3 is 1.60 bits per heavy atom. The van der Waals surface area contributed by atoms with Gasteiger partial charge in [-0.05, 0) is 18.6 Å². The molecular formula is C17H23F8NO3S. The summed E-state index contributed by atoms with van der Waals surface area (Å²) in [5.41, 5.74) is 0. The third-order valence-electron chi connectivity index (χ3n) is 3.95. The van der Waals surface area contributed by atoms with Gasteiger partial charge in [0.15, 0.2) is 0 Å². The minimum Gasteiger partial charge on any atom is -0.281 e. The summed E-state index contributed by atoms with van der Waals surface area (Å²) in [6, 6.07) is 5.72. The largest absolute Gasteiger partial charge is 0.438 e. The lowest BCUT2D eigenvalue weighted by molar-refractivity contribution is -0.349. The van der Waals surface area contributed by atoms with Crippen LogP contribution in [0.2, 0.25) is 0 Å². The molecule has 0 amide bonds. The van der Waals surface area contributed by atoms with Gasteiger partial charge >= 0.3 is 33.1 Å². The molecule has 1 aromatic heterocycles. The molecule has 0 aliphatic carbocycles. The average molecular weight is 473 g/mol. The second-order valence-electron chi connectivity index (χ2n) is 6.39. The second kappa shape index (κ2) is 11.2. The standard InChI is InChI=1S/C12H18F8O3S.C5H5N/c1-2-3-4-5-6-7-8-9(13,14)10(15,16)11(17,18)12(19,20)24(21,22)23;1-2-4-6-5-3-1/h2-8H2,1H3,(H,21,22,23);1-5H. The van der Waals surface area contributed by atoms with Crippen LogP contribution in [0.25, 0.3) is 0 Å². The molecule has 0 aromatic carbocycles. The highest BCUT2D eigenvalue weighted by Gasteiger charge is 2.84. The number of hydrogen-bond donors (Lipinski definition) is 1. The molecule has 1 heterocycles. The van der Waals surface area contributed by atoms with E-state index in [-0.39, 0.29) is 6.42 Å². The quantitative estimate of drug-likeness (QED) is 0.236. The topological polar surface area (TPSA) is 67.3 Å².